The summed E-state index contributed by atoms with van der Waals surface area (Å²) in [4.78, 5) is 25.2. The van der Waals surface area contributed by atoms with E-state index in [-0.39, 0.29) is 5.91 Å². The Morgan fingerprint density at radius 3 is 2.61 bits per heavy atom. The predicted molar refractivity (Wildman–Crippen MR) is 89.5 cm³/mol. The molecule has 3 rings (SSSR count). The summed E-state index contributed by atoms with van der Waals surface area (Å²) in [5.74, 6) is -1.72. The Kier molecular flexibility index (Phi) is 4.04. The monoisotopic (exact) mass is 349 g/mol. The van der Waals surface area contributed by atoms with E-state index in [4.69, 9.17) is 28.3 Å². The summed E-state index contributed by atoms with van der Waals surface area (Å²) >= 11 is 12.3. The molecule has 1 aliphatic rings. The number of fused-ring (bicyclic) bond motifs is 1. The van der Waals surface area contributed by atoms with Crippen LogP contribution >= 0.6 is 23.2 Å². The average Bonchev–Trinajstić information content (AvgIpc) is 2.82. The maximum absolute atomic E-state index is 12.5. The van der Waals surface area contributed by atoms with Crippen molar-refractivity contribution in [3.05, 3.63) is 63.1 Å². The highest BCUT2D eigenvalue weighted by Crippen LogP contribution is 2.35. The van der Waals surface area contributed by atoms with Crippen LogP contribution < -0.4 is 4.90 Å². The Bertz CT molecular complexity index is 819. The van der Waals surface area contributed by atoms with E-state index in [1.165, 1.54) is 0 Å². The van der Waals surface area contributed by atoms with E-state index in [2.05, 4.69) is 0 Å². The lowest BCUT2D eigenvalue weighted by atomic mass is 10.0. The highest BCUT2D eigenvalue weighted by molar-refractivity contribution is 6.34. The van der Waals surface area contributed by atoms with Crippen molar-refractivity contribution in [3.8, 4) is 0 Å². The summed E-state index contributed by atoms with van der Waals surface area (Å²) in [6.07, 6.45) is 0. The number of hydrogen-bond donors (Lipinski definition) is 1. The predicted octanol–water partition coefficient (Wildman–Crippen LogP) is 4.34. The fraction of sp³-hybridized carbons (Fsp3) is 0.176. The summed E-state index contributed by atoms with van der Waals surface area (Å²) in [5.41, 5.74) is 2.61. The fourth-order valence-corrected chi connectivity index (χ4v) is 3.12. The second kappa shape index (κ2) is 5.87. The van der Waals surface area contributed by atoms with Crippen LogP contribution in [-0.2, 0) is 11.3 Å². The van der Waals surface area contributed by atoms with Gasteiger partial charge in [-0.2, -0.15) is 0 Å². The van der Waals surface area contributed by atoms with Gasteiger partial charge in [0.2, 0.25) is 0 Å². The number of hydrogen-bond acceptors (Lipinski definition) is 2. The minimum absolute atomic E-state index is 0.141. The van der Waals surface area contributed by atoms with Gasteiger partial charge in [0.1, 0.15) is 0 Å². The topological polar surface area (TPSA) is 57.6 Å². The van der Waals surface area contributed by atoms with Gasteiger partial charge in [-0.15, -0.1) is 0 Å². The number of amides is 1. The third-order valence-corrected chi connectivity index (χ3v) is 4.54. The number of benzene rings is 2. The lowest BCUT2D eigenvalue weighted by molar-refractivity contribution is -0.138. The van der Waals surface area contributed by atoms with Gasteiger partial charge in [-0.05, 0) is 48.4 Å². The summed E-state index contributed by atoms with van der Waals surface area (Å²) in [7, 11) is 0. The highest BCUT2D eigenvalue weighted by atomic mass is 35.5. The van der Waals surface area contributed by atoms with Crippen LogP contribution in [0.5, 0.6) is 0 Å². The van der Waals surface area contributed by atoms with Crippen LogP contribution in [0.1, 0.15) is 34.3 Å². The van der Waals surface area contributed by atoms with Gasteiger partial charge in [-0.1, -0.05) is 29.3 Å². The molecule has 0 spiro atoms. The molecule has 2 aromatic carbocycles. The molecule has 1 amide bonds. The first-order chi connectivity index (χ1) is 10.9. The zero-order valence-electron chi connectivity index (χ0n) is 12.2. The zero-order valence-corrected chi connectivity index (χ0v) is 13.7. The van der Waals surface area contributed by atoms with Gasteiger partial charge in [-0.25, -0.2) is 0 Å². The van der Waals surface area contributed by atoms with Gasteiger partial charge >= 0.3 is 5.97 Å². The SMILES string of the molecule is CC(C(=O)O)c1ccc(N2Cc3cc(Cl)ccc3C2=O)c(Cl)c1. The van der Waals surface area contributed by atoms with E-state index in [9.17, 15) is 9.59 Å². The van der Waals surface area contributed by atoms with Gasteiger partial charge in [0.25, 0.3) is 5.91 Å². The van der Waals surface area contributed by atoms with Gasteiger partial charge in [0, 0.05) is 10.6 Å². The molecule has 1 unspecified atom stereocenters. The van der Waals surface area contributed by atoms with Crippen LogP contribution in [0.4, 0.5) is 5.69 Å². The maximum Gasteiger partial charge on any atom is 0.310 e. The lowest BCUT2D eigenvalue weighted by Crippen LogP contribution is -2.23. The van der Waals surface area contributed by atoms with Crippen LogP contribution in [0.15, 0.2) is 36.4 Å². The second-order valence-electron chi connectivity index (χ2n) is 5.46. The standard InChI is InChI=1S/C17H13Cl2NO3/c1-9(17(22)23)10-2-5-15(14(19)7-10)20-8-11-6-12(18)3-4-13(11)16(20)21/h2-7,9H,8H2,1H3,(H,22,23). The minimum Gasteiger partial charge on any atom is -0.481 e. The van der Waals surface area contributed by atoms with E-state index in [1.54, 1.807) is 48.2 Å². The molecule has 1 heterocycles. The highest BCUT2D eigenvalue weighted by Gasteiger charge is 2.30. The number of carboxylic acid groups (broad SMARTS) is 1. The van der Waals surface area contributed by atoms with Gasteiger partial charge in [0.15, 0.2) is 0 Å². The number of rotatable bonds is 3. The number of nitrogens with zero attached hydrogens (tertiary/aromatic N) is 1. The van der Waals surface area contributed by atoms with Crippen molar-refractivity contribution in [3.63, 3.8) is 0 Å². The first-order valence-corrected chi connectivity index (χ1v) is 7.76. The molecule has 4 nitrogen and oxygen atoms in total. The van der Waals surface area contributed by atoms with Crippen molar-refractivity contribution in [2.24, 2.45) is 0 Å². The van der Waals surface area contributed by atoms with Crippen molar-refractivity contribution >= 4 is 40.8 Å². The second-order valence-corrected chi connectivity index (χ2v) is 6.31. The molecular weight excluding hydrogens is 337 g/mol. The smallest absolute Gasteiger partial charge is 0.310 e. The Hall–Kier alpha value is -2.04. The van der Waals surface area contributed by atoms with Gasteiger partial charge in [-0.3, -0.25) is 9.59 Å². The largest absolute Gasteiger partial charge is 0.481 e. The number of carbonyl (C=O) groups excluding carboxylic acids is 1. The summed E-state index contributed by atoms with van der Waals surface area (Å²) in [5, 5.41) is 10.0. The molecule has 0 aliphatic carbocycles. The van der Waals surface area contributed by atoms with Crippen molar-refractivity contribution in [2.45, 2.75) is 19.4 Å². The van der Waals surface area contributed by atoms with Gasteiger partial charge in [0.05, 0.1) is 23.2 Å². The van der Waals surface area contributed by atoms with Crippen molar-refractivity contribution in [1.29, 1.82) is 0 Å². The van der Waals surface area contributed by atoms with E-state index in [0.717, 1.165) is 5.56 Å². The summed E-state index contributed by atoms with van der Waals surface area (Å²) < 4.78 is 0. The molecular formula is C17H13Cl2NO3. The maximum atomic E-state index is 12.5. The first-order valence-electron chi connectivity index (χ1n) is 7.01. The Labute approximate surface area is 143 Å². The number of carbonyl (C=O) groups is 2. The van der Waals surface area contributed by atoms with E-state index in [0.29, 0.717) is 33.4 Å². The summed E-state index contributed by atoms with van der Waals surface area (Å²) in [6.45, 7) is 1.98. The molecule has 118 valence electrons. The van der Waals surface area contributed by atoms with Crippen molar-refractivity contribution in [1.82, 2.24) is 0 Å². The minimum atomic E-state index is -0.923. The van der Waals surface area contributed by atoms with Crippen molar-refractivity contribution in [2.75, 3.05) is 4.90 Å². The molecule has 0 saturated heterocycles. The summed E-state index contributed by atoms with van der Waals surface area (Å²) in [6, 6.07) is 10.1. The number of anilines is 1. The van der Waals surface area contributed by atoms with E-state index >= 15 is 0 Å². The Morgan fingerprint density at radius 1 is 1.22 bits per heavy atom. The Balaban J connectivity index is 1.95. The molecule has 0 saturated carbocycles. The molecule has 0 radical (unpaired) electrons. The fourth-order valence-electron chi connectivity index (χ4n) is 2.64. The number of aliphatic carboxylic acids is 1. The van der Waals surface area contributed by atoms with E-state index < -0.39 is 11.9 Å². The normalized spacial score (nSPS) is 14.7. The van der Waals surface area contributed by atoms with Crippen LogP contribution in [0, 0.1) is 0 Å². The first kappa shape index (κ1) is 15.8. The third-order valence-electron chi connectivity index (χ3n) is 4.00. The zero-order chi connectivity index (χ0) is 16.7. The quantitative estimate of drug-likeness (QED) is 0.896. The van der Waals surface area contributed by atoms with Crippen LogP contribution in [0.3, 0.4) is 0 Å². The number of halogens is 2. The lowest BCUT2D eigenvalue weighted by Gasteiger charge is -2.18. The van der Waals surface area contributed by atoms with Crippen LogP contribution in [0.25, 0.3) is 0 Å². The van der Waals surface area contributed by atoms with Crippen molar-refractivity contribution < 1.29 is 14.7 Å². The van der Waals surface area contributed by atoms with E-state index in [1.807, 2.05) is 0 Å². The average molecular weight is 350 g/mol. The molecule has 1 atom stereocenters. The molecule has 23 heavy (non-hydrogen) atoms. The Morgan fingerprint density at radius 2 is 1.96 bits per heavy atom. The molecule has 1 N–H and O–H groups in total. The molecule has 1 aliphatic heterocycles. The molecule has 0 aromatic heterocycles. The van der Waals surface area contributed by atoms with Crippen LogP contribution in [-0.4, -0.2) is 17.0 Å². The third kappa shape index (κ3) is 2.80. The van der Waals surface area contributed by atoms with Gasteiger partial charge < -0.3 is 10.0 Å². The number of carboxylic acids is 1. The molecule has 0 fully saturated rings. The molecule has 2 aromatic rings. The molecule has 6 heteroatoms. The van der Waals surface area contributed by atoms with Crippen LogP contribution in [0.2, 0.25) is 10.0 Å². The molecule has 0 bridgehead atoms.